The summed E-state index contributed by atoms with van der Waals surface area (Å²) in [4.78, 5) is 0. The van der Waals surface area contributed by atoms with Gasteiger partial charge in [-0.1, -0.05) is 6.07 Å². The molecule has 1 aromatic rings. The first-order valence-electron chi connectivity index (χ1n) is 5.81. The van der Waals surface area contributed by atoms with Crippen molar-refractivity contribution in [1.82, 2.24) is 5.32 Å². The van der Waals surface area contributed by atoms with E-state index in [9.17, 15) is 0 Å². The molecule has 0 aliphatic heterocycles. The van der Waals surface area contributed by atoms with E-state index >= 15 is 0 Å². The second kappa shape index (κ2) is 5.61. The van der Waals surface area contributed by atoms with Gasteiger partial charge in [0.15, 0.2) is 11.5 Å². The first-order chi connectivity index (χ1) is 8.22. The third kappa shape index (κ3) is 3.05. The van der Waals surface area contributed by atoms with Gasteiger partial charge in [0.2, 0.25) is 0 Å². The summed E-state index contributed by atoms with van der Waals surface area (Å²) in [6, 6.07) is 6.54. The fourth-order valence-corrected chi connectivity index (χ4v) is 2.40. The van der Waals surface area contributed by atoms with Crippen LogP contribution in [0.3, 0.4) is 0 Å². The van der Waals surface area contributed by atoms with Crippen LogP contribution in [0.2, 0.25) is 0 Å². The van der Waals surface area contributed by atoms with Crippen molar-refractivity contribution in [2.24, 2.45) is 0 Å². The zero-order valence-electron chi connectivity index (χ0n) is 10.2. The van der Waals surface area contributed by atoms with Gasteiger partial charge in [0.05, 0.1) is 14.2 Å². The number of ether oxygens (including phenoxy) is 2. The fourth-order valence-electron chi connectivity index (χ4n) is 1.97. The van der Waals surface area contributed by atoms with Gasteiger partial charge in [-0.15, -0.1) is 11.6 Å². The molecule has 0 amide bonds. The second-order valence-electron chi connectivity index (χ2n) is 4.34. The molecule has 0 spiro atoms. The van der Waals surface area contributed by atoms with Gasteiger partial charge < -0.3 is 14.8 Å². The quantitative estimate of drug-likeness (QED) is 0.821. The van der Waals surface area contributed by atoms with Crippen molar-refractivity contribution in [2.45, 2.75) is 30.8 Å². The summed E-state index contributed by atoms with van der Waals surface area (Å²) in [5.74, 6) is 1.54. The van der Waals surface area contributed by atoms with Crippen LogP contribution in [0.1, 0.15) is 18.4 Å². The smallest absolute Gasteiger partial charge is 0.161 e. The predicted octanol–water partition coefficient (Wildman–Crippen LogP) is 2.56. The van der Waals surface area contributed by atoms with Gasteiger partial charge in [-0.3, -0.25) is 0 Å². The lowest BCUT2D eigenvalue weighted by Crippen LogP contribution is -2.41. The van der Waals surface area contributed by atoms with Gasteiger partial charge in [0.1, 0.15) is 0 Å². The van der Waals surface area contributed by atoms with Crippen LogP contribution in [-0.2, 0) is 6.54 Å². The summed E-state index contributed by atoms with van der Waals surface area (Å²) in [6.45, 7) is 0.842. The average molecular weight is 256 g/mol. The number of rotatable bonds is 5. The van der Waals surface area contributed by atoms with Crippen LogP contribution in [-0.4, -0.2) is 25.6 Å². The molecule has 0 heterocycles. The van der Waals surface area contributed by atoms with E-state index in [0.717, 1.165) is 30.9 Å². The minimum absolute atomic E-state index is 0.359. The fraction of sp³-hybridized carbons (Fsp3) is 0.538. The van der Waals surface area contributed by atoms with Gasteiger partial charge in [0, 0.05) is 18.0 Å². The molecular formula is C13H18ClNO2. The summed E-state index contributed by atoms with van der Waals surface area (Å²) in [6.07, 6.45) is 2.13. The van der Waals surface area contributed by atoms with Crippen LogP contribution < -0.4 is 14.8 Å². The molecule has 17 heavy (non-hydrogen) atoms. The second-order valence-corrected chi connectivity index (χ2v) is 4.95. The van der Waals surface area contributed by atoms with E-state index < -0.39 is 0 Å². The molecule has 1 aliphatic rings. The maximum Gasteiger partial charge on any atom is 0.161 e. The van der Waals surface area contributed by atoms with Crippen molar-refractivity contribution in [2.75, 3.05) is 14.2 Å². The van der Waals surface area contributed by atoms with Crippen LogP contribution in [0.4, 0.5) is 0 Å². The van der Waals surface area contributed by atoms with Crippen molar-refractivity contribution in [3.63, 3.8) is 0 Å². The third-order valence-corrected chi connectivity index (χ3v) is 3.48. The van der Waals surface area contributed by atoms with Crippen molar-refractivity contribution in [3.8, 4) is 11.5 Å². The lowest BCUT2D eigenvalue weighted by Gasteiger charge is -2.31. The molecule has 0 bridgehead atoms. The Kier molecular flexibility index (Phi) is 4.13. The van der Waals surface area contributed by atoms with E-state index in [4.69, 9.17) is 21.1 Å². The number of nitrogens with one attached hydrogen (secondary N) is 1. The predicted molar refractivity (Wildman–Crippen MR) is 69.0 cm³/mol. The molecule has 0 aromatic heterocycles. The Morgan fingerprint density at radius 2 is 1.94 bits per heavy atom. The van der Waals surface area contributed by atoms with Crippen LogP contribution in [0.15, 0.2) is 18.2 Å². The molecule has 0 unspecified atom stereocenters. The molecule has 0 atom stereocenters. The van der Waals surface area contributed by atoms with Crippen molar-refractivity contribution >= 4 is 11.6 Å². The zero-order valence-corrected chi connectivity index (χ0v) is 11.0. The summed E-state index contributed by atoms with van der Waals surface area (Å²) in [7, 11) is 3.30. The monoisotopic (exact) mass is 255 g/mol. The first-order valence-corrected chi connectivity index (χ1v) is 6.25. The zero-order chi connectivity index (χ0) is 12.3. The molecule has 1 aromatic carbocycles. The Hall–Kier alpha value is -0.930. The number of benzene rings is 1. The average Bonchev–Trinajstić information content (AvgIpc) is 2.32. The largest absolute Gasteiger partial charge is 0.493 e. The molecule has 1 fully saturated rings. The molecule has 0 saturated heterocycles. The van der Waals surface area contributed by atoms with Crippen LogP contribution >= 0.6 is 11.6 Å². The lowest BCUT2D eigenvalue weighted by atomic mass is 9.92. The van der Waals surface area contributed by atoms with E-state index in [1.165, 1.54) is 5.56 Å². The molecule has 1 N–H and O–H groups in total. The van der Waals surface area contributed by atoms with Gasteiger partial charge in [-0.05, 0) is 30.5 Å². The lowest BCUT2D eigenvalue weighted by molar-refractivity contribution is 0.342. The molecule has 4 heteroatoms. The highest BCUT2D eigenvalue weighted by Crippen LogP contribution is 2.28. The van der Waals surface area contributed by atoms with Crippen molar-refractivity contribution in [1.29, 1.82) is 0 Å². The Morgan fingerprint density at radius 1 is 1.24 bits per heavy atom. The van der Waals surface area contributed by atoms with Gasteiger partial charge in [-0.25, -0.2) is 0 Å². The standard InChI is InChI=1S/C13H18ClNO2/c1-16-12-4-3-9(5-13(12)17-2)8-15-11-6-10(14)7-11/h3-5,10-11,15H,6-8H2,1-2H3. The molecule has 94 valence electrons. The van der Waals surface area contributed by atoms with Crippen molar-refractivity contribution in [3.05, 3.63) is 23.8 Å². The number of methoxy groups -OCH3 is 2. The molecule has 1 saturated carbocycles. The highest BCUT2D eigenvalue weighted by Gasteiger charge is 2.26. The van der Waals surface area contributed by atoms with Gasteiger partial charge in [0.25, 0.3) is 0 Å². The first kappa shape index (κ1) is 12.5. The van der Waals surface area contributed by atoms with Crippen molar-refractivity contribution < 1.29 is 9.47 Å². The minimum Gasteiger partial charge on any atom is -0.493 e. The Morgan fingerprint density at radius 3 is 2.53 bits per heavy atom. The number of alkyl halides is 1. The minimum atomic E-state index is 0.359. The molecule has 0 radical (unpaired) electrons. The van der Waals surface area contributed by atoms with Crippen LogP contribution in [0.25, 0.3) is 0 Å². The summed E-state index contributed by atoms with van der Waals surface area (Å²) >= 11 is 5.94. The van der Waals surface area contributed by atoms with E-state index in [2.05, 4.69) is 5.32 Å². The van der Waals surface area contributed by atoms with E-state index in [1.807, 2.05) is 18.2 Å². The number of hydrogen-bond acceptors (Lipinski definition) is 3. The van der Waals surface area contributed by atoms with E-state index in [1.54, 1.807) is 14.2 Å². The van der Waals surface area contributed by atoms with E-state index in [0.29, 0.717) is 11.4 Å². The van der Waals surface area contributed by atoms with Gasteiger partial charge in [-0.2, -0.15) is 0 Å². The van der Waals surface area contributed by atoms with E-state index in [-0.39, 0.29) is 0 Å². The summed E-state index contributed by atoms with van der Waals surface area (Å²) < 4.78 is 10.5. The molecule has 2 rings (SSSR count). The van der Waals surface area contributed by atoms with Crippen LogP contribution in [0, 0.1) is 0 Å². The Labute approximate surface area is 107 Å². The SMILES string of the molecule is COc1ccc(CNC2CC(Cl)C2)cc1OC. The summed E-state index contributed by atoms with van der Waals surface area (Å²) in [5, 5.41) is 3.83. The normalized spacial score (nSPS) is 23.0. The number of halogens is 1. The number of hydrogen-bond donors (Lipinski definition) is 1. The van der Waals surface area contributed by atoms with Gasteiger partial charge >= 0.3 is 0 Å². The summed E-state index contributed by atoms with van der Waals surface area (Å²) in [5.41, 5.74) is 1.20. The maximum atomic E-state index is 5.94. The highest BCUT2D eigenvalue weighted by molar-refractivity contribution is 6.21. The topological polar surface area (TPSA) is 30.5 Å². The third-order valence-electron chi connectivity index (χ3n) is 3.12. The molecular weight excluding hydrogens is 238 g/mol. The Bertz CT molecular complexity index is 378. The highest BCUT2D eigenvalue weighted by atomic mass is 35.5. The molecule has 3 nitrogen and oxygen atoms in total. The maximum absolute atomic E-state index is 5.94. The Balaban J connectivity index is 1.92. The molecule has 1 aliphatic carbocycles. The van der Waals surface area contributed by atoms with Crippen LogP contribution in [0.5, 0.6) is 11.5 Å².